The van der Waals surface area contributed by atoms with E-state index in [0.717, 1.165) is 16.5 Å². The lowest BCUT2D eigenvalue weighted by atomic mass is 10.1. The van der Waals surface area contributed by atoms with Crippen LogP contribution < -0.4 is 11.1 Å². The van der Waals surface area contributed by atoms with Crippen molar-refractivity contribution in [1.29, 1.82) is 0 Å². The number of benzene rings is 1. The van der Waals surface area contributed by atoms with E-state index >= 15 is 0 Å². The molecule has 0 aliphatic heterocycles. The number of nitrogens with one attached hydrogen (secondary N) is 1. The molecule has 1 heterocycles. The molecule has 2 rings (SSSR count). The molecule has 7 heteroatoms. The Morgan fingerprint density at radius 1 is 1.33 bits per heavy atom. The molecule has 5 nitrogen and oxygen atoms in total. The van der Waals surface area contributed by atoms with Crippen LogP contribution in [0, 0.1) is 0 Å². The van der Waals surface area contributed by atoms with Gasteiger partial charge in [-0.15, -0.1) is 24.8 Å². The van der Waals surface area contributed by atoms with Crippen molar-refractivity contribution in [1.82, 2.24) is 10.3 Å². The number of aromatic nitrogens is 1. The number of methoxy groups -OCH3 is 1. The third kappa shape index (κ3) is 5.13. The number of halogens is 2. The number of hydrogen-bond donors (Lipinski definition) is 2. The molecule has 1 aromatic carbocycles. The summed E-state index contributed by atoms with van der Waals surface area (Å²) in [5.41, 5.74) is 7.51. The zero-order valence-electron chi connectivity index (χ0n) is 11.6. The second-order valence-corrected chi connectivity index (χ2v) is 4.27. The van der Waals surface area contributed by atoms with Crippen LogP contribution in [0.3, 0.4) is 0 Å². The summed E-state index contributed by atoms with van der Waals surface area (Å²) in [5, 5.41) is 3.84. The van der Waals surface area contributed by atoms with Gasteiger partial charge in [0.2, 0.25) is 5.91 Å². The molecule has 0 aliphatic rings. The average molecular weight is 332 g/mol. The molecule has 3 N–H and O–H groups in total. The Balaban J connectivity index is 0.00000200. The maximum absolute atomic E-state index is 11.7. The first-order chi connectivity index (χ1) is 9.22. The molecule has 0 saturated carbocycles. The number of amides is 1. The molecule has 1 atom stereocenters. The van der Waals surface area contributed by atoms with E-state index in [0.29, 0.717) is 6.54 Å². The lowest BCUT2D eigenvalue weighted by molar-refractivity contribution is -0.123. The number of rotatable bonds is 5. The van der Waals surface area contributed by atoms with Gasteiger partial charge in [-0.25, -0.2) is 0 Å². The highest BCUT2D eigenvalue weighted by Gasteiger charge is 2.12. The van der Waals surface area contributed by atoms with Crippen molar-refractivity contribution in [2.75, 3.05) is 13.7 Å². The van der Waals surface area contributed by atoms with Gasteiger partial charge >= 0.3 is 0 Å². The topological polar surface area (TPSA) is 77.2 Å². The highest BCUT2D eigenvalue weighted by atomic mass is 35.5. The van der Waals surface area contributed by atoms with Crippen LogP contribution >= 0.6 is 24.8 Å². The first-order valence-corrected chi connectivity index (χ1v) is 6.07. The van der Waals surface area contributed by atoms with E-state index in [9.17, 15) is 4.79 Å². The summed E-state index contributed by atoms with van der Waals surface area (Å²) in [5.74, 6) is -0.227. The summed E-state index contributed by atoms with van der Waals surface area (Å²) in [6.45, 7) is 0.615. The maximum atomic E-state index is 11.7. The van der Waals surface area contributed by atoms with Crippen molar-refractivity contribution >= 4 is 41.6 Å². The Hall–Kier alpha value is -1.40. The van der Waals surface area contributed by atoms with E-state index in [1.165, 1.54) is 7.11 Å². The molecule has 1 amide bonds. The molecular formula is C14H19Cl2N3O2. The second-order valence-electron chi connectivity index (χ2n) is 4.27. The van der Waals surface area contributed by atoms with Gasteiger partial charge < -0.3 is 15.8 Å². The van der Waals surface area contributed by atoms with Crippen LogP contribution in [0.15, 0.2) is 36.5 Å². The molecule has 0 aliphatic carbocycles. The smallest absolute Gasteiger partial charge is 0.239 e. The summed E-state index contributed by atoms with van der Waals surface area (Å²) in [7, 11) is 1.52. The molecule has 0 saturated heterocycles. The number of fused-ring (bicyclic) bond motifs is 1. The van der Waals surface area contributed by atoms with Gasteiger partial charge in [0.1, 0.15) is 6.04 Å². The van der Waals surface area contributed by atoms with E-state index in [-0.39, 0.29) is 37.3 Å². The molecule has 2 aromatic rings. The minimum atomic E-state index is -0.645. The number of ether oxygens (including phenoxy) is 1. The van der Waals surface area contributed by atoms with Crippen LogP contribution in [0.25, 0.3) is 10.9 Å². The van der Waals surface area contributed by atoms with Gasteiger partial charge in [-0.1, -0.05) is 24.3 Å². The number of nitrogens with two attached hydrogens (primary N) is 1. The van der Waals surface area contributed by atoms with E-state index in [1.54, 1.807) is 6.20 Å². The predicted octanol–water partition coefficient (Wildman–Crippen LogP) is 1.67. The summed E-state index contributed by atoms with van der Waals surface area (Å²) in [4.78, 5) is 16.0. The monoisotopic (exact) mass is 331 g/mol. The van der Waals surface area contributed by atoms with Crippen molar-refractivity contribution in [3.05, 3.63) is 42.1 Å². The Morgan fingerprint density at radius 3 is 2.76 bits per heavy atom. The van der Waals surface area contributed by atoms with Gasteiger partial charge in [0, 0.05) is 25.2 Å². The standard InChI is InChI=1S/C14H17N3O2.2ClH/c1-19-9-12(15)14(18)17-8-11-5-2-4-10-6-3-7-16-13(10)11;;/h2-7,12H,8-9,15H2,1H3,(H,17,18);2*1H. The number of carbonyl (C=O) groups is 1. The zero-order chi connectivity index (χ0) is 13.7. The van der Waals surface area contributed by atoms with Gasteiger partial charge in [-0.05, 0) is 11.6 Å². The molecule has 116 valence electrons. The molecule has 21 heavy (non-hydrogen) atoms. The van der Waals surface area contributed by atoms with Crippen LogP contribution in [0.1, 0.15) is 5.56 Å². The van der Waals surface area contributed by atoms with Crippen LogP contribution in [-0.4, -0.2) is 30.6 Å². The Morgan fingerprint density at radius 2 is 2.05 bits per heavy atom. The van der Waals surface area contributed by atoms with E-state index in [4.69, 9.17) is 10.5 Å². The van der Waals surface area contributed by atoms with Gasteiger partial charge in [-0.3, -0.25) is 9.78 Å². The van der Waals surface area contributed by atoms with Crippen LogP contribution in [0.5, 0.6) is 0 Å². The number of pyridine rings is 1. The highest BCUT2D eigenvalue weighted by Crippen LogP contribution is 2.15. The van der Waals surface area contributed by atoms with Gasteiger partial charge in [-0.2, -0.15) is 0 Å². The molecule has 0 radical (unpaired) electrons. The summed E-state index contributed by atoms with van der Waals surface area (Å²) < 4.78 is 4.85. The fraction of sp³-hybridized carbons (Fsp3) is 0.286. The van der Waals surface area contributed by atoms with Crippen molar-refractivity contribution in [2.24, 2.45) is 5.73 Å². The third-order valence-corrected chi connectivity index (χ3v) is 2.85. The maximum Gasteiger partial charge on any atom is 0.239 e. The fourth-order valence-electron chi connectivity index (χ4n) is 1.88. The van der Waals surface area contributed by atoms with Gasteiger partial charge in [0.05, 0.1) is 12.1 Å². The lowest BCUT2D eigenvalue weighted by Gasteiger charge is -2.12. The molecule has 0 fully saturated rings. The molecule has 0 spiro atoms. The first-order valence-electron chi connectivity index (χ1n) is 6.07. The number of nitrogens with zero attached hydrogens (tertiary/aromatic N) is 1. The average Bonchev–Trinajstić information content (AvgIpc) is 2.45. The summed E-state index contributed by atoms with van der Waals surface area (Å²) >= 11 is 0. The Kier molecular flexibility index (Phi) is 8.89. The Labute approximate surface area is 136 Å². The third-order valence-electron chi connectivity index (χ3n) is 2.85. The summed E-state index contributed by atoms with van der Waals surface area (Å²) in [6.07, 6.45) is 1.74. The summed E-state index contributed by atoms with van der Waals surface area (Å²) in [6, 6.07) is 9.11. The van der Waals surface area contributed by atoms with Crippen molar-refractivity contribution in [3.63, 3.8) is 0 Å². The van der Waals surface area contributed by atoms with E-state index in [2.05, 4.69) is 10.3 Å². The van der Waals surface area contributed by atoms with Crippen molar-refractivity contribution in [2.45, 2.75) is 12.6 Å². The SMILES string of the molecule is COCC(N)C(=O)NCc1cccc2cccnc12.Cl.Cl. The fourth-order valence-corrected chi connectivity index (χ4v) is 1.88. The predicted molar refractivity (Wildman–Crippen MR) is 87.9 cm³/mol. The molecular weight excluding hydrogens is 313 g/mol. The van der Waals surface area contributed by atoms with Crippen molar-refractivity contribution in [3.8, 4) is 0 Å². The van der Waals surface area contributed by atoms with E-state index in [1.807, 2.05) is 30.3 Å². The van der Waals surface area contributed by atoms with Crippen LogP contribution in [0.2, 0.25) is 0 Å². The number of para-hydroxylation sites is 1. The van der Waals surface area contributed by atoms with E-state index < -0.39 is 6.04 Å². The van der Waals surface area contributed by atoms with Crippen LogP contribution in [0.4, 0.5) is 0 Å². The quantitative estimate of drug-likeness (QED) is 0.873. The van der Waals surface area contributed by atoms with Crippen LogP contribution in [-0.2, 0) is 16.1 Å². The van der Waals surface area contributed by atoms with Gasteiger partial charge in [0.25, 0.3) is 0 Å². The molecule has 1 aromatic heterocycles. The second kappa shape index (κ2) is 9.52. The highest BCUT2D eigenvalue weighted by molar-refractivity contribution is 5.86. The number of hydrogen-bond acceptors (Lipinski definition) is 4. The number of carbonyl (C=O) groups excluding carboxylic acids is 1. The Bertz CT molecular complexity index is 576. The molecule has 0 bridgehead atoms. The lowest BCUT2D eigenvalue weighted by Crippen LogP contribution is -2.43. The largest absolute Gasteiger partial charge is 0.383 e. The zero-order valence-corrected chi connectivity index (χ0v) is 13.2. The van der Waals surface area contributed by atoms with Gasteiger partial charge in [0.15, 0.2) is 0 Å². The minimum Gasteiger partial charge on any atom is -0.383 e. The normalized spacial score (nSPS) is 11.1. The minimum absolute atomic E-state index is 0. The van der Waals surface area contributed by atoms with Crippen molar-refractivity contribution < 1.29 is 9.53 Å². The first kappa shape index (κ1) is 19.6. The molecule has 1 unspecified atom stereocenters.